The van der Waals surface area contributed by atoms with Gasteiger partial charge in [-0.05, 0) is 34.8 Å². The standard InChI is InChI=1S/C17H19NO/c1-3-13(14(4-2)17(18)19)16-11-7-9-12-8-5-6-10-15(12)16/h5-11H,3-4H2,1-2H3,(H2,18,19). The van der Waals surface area contributed by atoms with E-state index in [0.29, 0.717) is 6.42 Å². The smallest absolute Gasteiger partial charge is 0.244 e. The van der Waals surface area contributed by atoms with Gasteiger partial charge in [0.2, 0.25) is 5.91 Å². The van der Waals surface area contributed by atoms with Crippen molar-refractivity contribution in [3.05, 3.63) is 53.6 Å². The van der Waals surface area contributed by atoms with Gasteiger partial charge in [-0.3, -0.25) is 4.79 Å². The van der Waals surface area contributed by atoms with Gasteiger partial charge < -0.3 is 5.73 Å². The van der Waals surface area contributed by atoms with E-state index in [9.17, 15) is 4.79 Å². The first-order valence-corrected chi connectivity index (χ1v) is 6.69. The number of allylic oxidation sites excluding steroid dienone is 1. The second-order valence-electron chi connectivity index (χ2n) is 4.56. The summed E-state index contributed by atoms with van der Waals surface area (Å²) in [5, 5.41) is 2.36. The molecule has 0 radical (unpaired) electrons. The maximum Gasteiger partial charge on any atom is 0.244 e. The van der Waals surface area contributed by atoms with Gasteiger partial charge in [-0.1, -0.05) is 56.3 Å². The lowest BCUT2D eigenvalue weighted by Crippen LogP contribution is -2.15. The minimum atomic E-state index is -0.313. The van der Waals surface area contributed by atoms with Gasteiger partial charge in [0.15, 0.2) is 0 Å². The first-order valence-electron chi connectivity index (χ1n) is 6.69. The largest absolute Gasteiger partial charge is 0.366 e. The Bertz CT molecular complexity index is 635. The molecule has 0 bridgehead atoms. The number of benzene rings is 2. The molecular formula is C17H19NO. The Labute approximate surface area is 113 Å². The van der Waals surface area contributed by atoms with Crippen molar-refractivity contribution in [2.45, 2.75) is 26.7 Å². The van der Waals surface area contributed by atoms with E-state index in [4.69, 9.17) is 5.73 Å². The summed E-state index contributed by atoms with van der Waals surface area (Å²) in [6, 6.07) is 14.4. The van der Waals surface area contributed by atoms with Gasteiger partial charge in [0, 0.05) is 5.57 Å². The van der Waals surface area contributed by atoms with Crippen LogP contribution in [0.15, 0.2) is 48.0 Å². The van der Waals surface area contributed by atoms with Gasteiger partial charge in [0.25, 0.3) is 0 Å². The Balaban J connectivity index is 2.75. The number of primary amides is 1. The van der Waals surface area contributed by atoms with E-state index in [0.717, 1.165) is 23.1 Å². The molecular weight excluding hydrogens is 234 g/mol. The predicted octanol–water partition coefficient (Wildman–Crippen LogP) is 3.90. The van der Waals surface area contributed by atoms with E-state index in [2.05, 4.69) is 31.2 Å². The van der Waals surface area contributed by atoms with Crippen LogP contribution in [0.2, 0.25) is 0 Å². The topological polar surface area (TPSA) is 43.1 Å². The molecule has 2 aromatic carbocycles. The zero-order valence-electron chi connectivity index (χ0n) is 11.4. The van der Waals surface area contributed by atoms with Crippen LogP contribution >= 0.6 is 0 Å². The van der Waals surface area contributed by atoms with E-state index in [1.165, 1.54) is 10.8 Å². The number of nitrogens with two attached hydrogens (primary N) is 1. The van der Waals surface area contributed by atoms with Crippen LogP contribution in [0.5, 0.6) is 0 Å². The average Bonchev–Trinajstić information content (AvgIpc) is 2.43. The molecule has 0 unspecified atom stereocenters. The first kappa shape index (κ1) is 13.3. The zero-order chi connectivity index (χ0) is 13.8. The maximum absolute atomic E-state index is 11.6. The summed E-state index contributed by atoms with van der Waals surface area (Å²) in [6.07, 6.45) is 1.47. The predicted molar refractivity (Wildman–Crippen MR) is 80.6 cm³/mol. The first-order chi connectivity index (χ1) is 9.19. The summed E-state index contributed by atoms with van der Waals surface area (Å²) in [4.78, 5) is 11.6. The number of carbonyl (C=O) groups excluding carboxylic acids is 1. The minimum Gasteiger partial charge on any atom is -0.366 e. The summed E-state index contributed by atoms with van der Waals surface area (Å²) in [7, 11) is 0. The Kier molecular flexibility index (Phi) is 4.00. The minimum absolute atomic E-state index is 0.313. The van der Waals surface area contributed by atoms with E-state index in [1.807, 2.05) is 25.1 Å². The molecule has 0 fully saturated rings. The van der Waals surface area contributed by atoms with Crippen molar-refractivity contribution in [1.29, 1.82) is 0 Å². The highest BCUT2D eigenvalue weighted by molar-refractivity contribution is 6.04. The van der Waals surface area contributed by atoms with Gasteiger partial charge in [-0.15, -0.1) is 0 Å². The fourth-order valence-electron chi connectivity index (χ4n) is 2.59. The number of carbonyl (C=O) groups is 1. The van der Waals surface area contributed by atoms with Crippen molar-refractivity contribution < 1.29 is 4.79 Å². The molecule has 0 aromatic heterocycles. The van der Waals surface area contributed by atoms with Crippen LogP contribution in [0.4, 0.5) is 0 Å². The monoisotopic (exact) mass is 253 g/mol. The molecule has 2 rings (SSSR count). The Morgan fingerprint density at radius 3 is 2.32 bits per heavy atom. The molecule has 0 saturated heterocycles. The Morgan fingerprint density at radius 2 is 1.68 bits per heavy atom. The molecule has 0 aliphatic heterocycles. The van der Waals surface area contributed by atoms with Crippen molar-refractivity contribution >= 4 is 22.3 Å². The molecule has 0 aliphatic carbocycles. The highest BCUT2D eigenvalue weighted by Gasteiger charge is 2.13. The highest BCUT2D eigenvalue weighted by atomic mass is 16.1. The number of fused-ring (bicyclic) bond motifs is 1. The quantitative estimate of drug-likeness (QED) is 0.825. The summed E-state index contributed by atoms with van der Waals surface area (Å²) in [5.41, 5.74) is 8.43. The van der Waals surface area contributed by atoms with Crippen molar-refractivity contribution in [3.8, 4) is 0 Å². The van der Waals surface area contributed by atoms with Gasteiger partial charge in [0.1, 0.15) is 0 Å². The zero-order valence-corrected chi connectivity index (χ0v) is 11.4. The Hall–Kier alpha value is -2.09. The molecule has 1 amide bonds. The van der Waals surface area contributed by atoms with Crippen LogP contribution in [0.25, 0.3) is 16.3 Å². The van der Waals surface area contributed by atoms with E-state index in [1.54, 1.807) is 0 Å². The van der Waals surface area contributed by atoms with Crippen molar-refractivity contribution in [3.63, 3.8) is 0 Å². The summed E-state index contributed by atoms with van der Waals surface area (Å²) in [5.74, 6) is -0.313. The van der Waals surface area contributed by atoms with E-state index in [-0.39, 0.29) is 5.91 Å². The molecule has 0 atom stereocenters. The van der Waals surface area contributed by atoms with E-state index >= 15 is 0 Å². The normalized spacial score (nSPS) is 12.3. The summed E-state index contributed by atoms with van der Waals surface area (Å²) in [6.45, 7) is 4.04. The van der Waals surface area contributed by atoms with Crippen molar-refractivity contribution in [2.24, 2.45) is 5.73 Å². The number of hydrogen-bond acceptors (Lipinski definition) is 1. The molecule has 2 N–H and O–H groups in total. The third-order valence-electron chi connectivity index (χ3n) is 3.48. The molecule has 0 spiro atoms. The molecule has 2 aromatic rings. The maximum atomic E-state index is 11.6. The lowest BCUT2D eigenvalue weighted by atomic mass is 9.91. The second-order valence-corrected chi connectivity index (χ2v) is 4.56. The summed E-state index contributed by atoms with van der Waals surface area (Å²) >= 11 is 0. The lowest BCUT2D eigenvalue weighted by Gasteiger charge is -2.13. The highest BCUT2D eigenvalue weighted by Crippen LogP contribution is 2.30. The number of rotatable bonds is 4. The fraction of sp³-hybridized carbons (Fsp3) is 0.235. The summed E-state index contributed by atoms with van der Waals surface area (Å²) < 4.78 is 0. The van der Waals surface area contributed by atoms with Gasteiger partial charge >= 0.3 is 0 Å². The van der Waals surface area contributed by atoms with Crippen LogP contribution in [0.1, 0.15) is 32.3 Å². The lowest BCUT2D eigenvalue weighted by molar-refractivity contribution is -0.114. The molecule has 2 heteroatoms. The molecule has 0 heterocycles. The Morgan fingerprint density at radius 1 is 1.00 bits per heavy atom. The average molecular weight is 253 g/mol. The van der Waals surface area contributed by atoms with Gasteiger partial charge in [-0.2, -0.15) is 0 Å². The molecule has 0 aliphatic rings. The van der Waals surface area contributed by atoms with E-state index < -0.39 is 0 Å². The molecule has 98 valence electrons. The third kappa shape index (κ3) is 2.53. The second kappa shape index (κ2) is 5.70. The van der Waals surface area contributed by atoms with Crippen LogP contribution < -0.4 is 5.73 Å². The number of amides is 1. The van der Waals surface area contributed by atoms with Gasteiger partial charge in [-0.25, -0.2) is 0 Å². The van der Waals surface area contributed by atoms with Crippen LogP contribution in [0, 0.1) is 0 Å². The van der Waals surface area contributed by atoms with Crippen LogP contribution in [-0.4, -0.2) is 5.91 Å². The van der Waals surface area contributed by atoms with Crippen LogP contribution in [0.3, 0.4) is 0 Å². The van der Waals surface area contributed by atoms with Crippen molar-refractivity contribution in [2.75, 3.05) is 0 Å². The fourth-order valence-corrected chi connectivity index (χ4v) is 2.59. The van der Waals surface area contributed by atoms with Gasteiger partial charge in [0.05, 0.1) is 0 Å². The molecule has 19 heavy (non-hydrogen) atoms. The molecule has 0 saturated carbocycles. The van der Waals surface area contributed by atoms with Crippen molar-refractivity contribution in [1.82, 2.24) is 0 Å². The van der Waals surface area contributed by atoms with Crippen LogP contribution in [-0.2, 0) is 4.79 Å². The number of hydrogen-bond donors (Lipinski definition) is 1. The third-order valence-corrected chi connectivity index (χ3v) is 3.48. The SMILES string of the molecule is CCC(C(N)=O)=C(CC)c1cccc2ccccc12. The molecule has 2 nitrogen and oxygen atoms in total.